The molecule has 7 heteroatoms. The van der Waals surface area contributed by atoms with Crippen LogP contribution >= 0.6 is 11.8 Å². The summed E-state index contributed by atoms with van der Waals surface area (Å²) in [4.78, 5) is 0. The number of alkyl halides is 3. The van der Waals surface area contributed by atoms with Gasteiger partial charge in [-0.2, -0.15) is 24.9 Å². The van der Waals surface area contributed by atoms with Crippen molar-refractivity contribution < 1.29 is 17.7 Å². The molecule has 0 aromatic carbocycles. The number of nitrogens with one attached hydrogen (secondary N) is 1. The Morgan fingerprint density at radius 3 is 2.12 bits per heavy atom. The van der Waals surface area contributed by atoms with Gasteiger partial charge < -0.3 is 4.55 Å². The predicted octanol–water partition coefficient (Wildman–Crippen LogP) is 2.72. The maximum absolute atomic E-state index is 12.6. The van der Waals surface area contributed by atoms with Crippen LogP contribution in [-0.4, -0.2) is 33.5 Å². The van der Waals surface area contributed by atoms with Crippen molar-refractivity contribution in [2.24, 2.45) is 0 Å². The largest absolute Gasteiger partial charge is 0.598 e. The zero-order valence-electron chi connectivity index (χ0n) is 9.85. The van der Waals surface area contributed by atoms with Gasteiger partial charge in [-0.15, -0.1) is 4.72 Å². The minimum Gasteiger partial charge on any atom is -0.598 e. The summed E-state index contributed by atoms with van der Waals surface area (Å²) >= 11 is -0.355. The zero-order valence-corrected chi connectivity index (χ0v) is 11.5. The smallest absolute Gasteiger partial charge is 0.408 e. The summed E-state index contributed by atoms with van der Waals surface area (Å²) in [6, 6.07) is -1.69. The molecular weight excluding hydrogens is 259 g/mol. The number of thioether (sulfide) groups is 1. The Kier molecular flexibility index (Phi) is 6.53. The summed E-state index contributed by atoms with van der Waals surface area (Å²) in [6.45, 7) is 4.91. The zero-order chi connectivity index (χ0) is 13.0. The van der Waals surface area contributed by atoms with Crippen LogP contribution < -0.4 is 4.72 Å². The molecule has 1 N–H and O–H groups in total. The lowest BCUT2D eigenvalue weighted by Gasteiger charge is -2.28. The minimum absolute atomic E-state index is 0.0630. The lowest BCUT2D eigenvalue weighted by molar-refractivity contribution is -0.151. The van der Waals surface area contributed by atoms with Crippen molar-refractivity contribution in [1.29, 1.82) is 0 Å². The first kappa shape index (κ1) is 16.4. The second-order valence-electron chi connectivity index (χ2n) is 4.37. The van der Waals surface area contributed by atoms with E-state index < -0.39 is 28.3 Å². The Morgan fingerprint density at radius 2 is 1.81 bits per heavy atom. The third kappa shape index (κ3) is 6.22. The van der Waals surface area contributed by atoms with Crippen LogP contribution in [0.3, 0.4) is 0 Å². The van der Waals surface area contributed by atoms with E-state index in [2.05, 4.69) is 4.72 Å². The summed E-state index contributed by atoms with van der Waals surface area (Å²) in [5.74, 6) is 0.387. The molecule has 0 spiro atoms. The average molecular weight is 277 g/mol. The van der Waals surface area contributed by atoms with E-state index in [0.29, 0.717) is 5.75 Å². The van der Waals surface area contributed by atoms with Crippen molar-refractivity contribution in [2.75, 3.05) is 12.0 Å². The van der Waals surface area contributed by atoms with E-state index in [1.165, 1.54) is 11.8 Å². The topological polar surface area (TPSA) is 35.1 Å². The molecule has 0 amide bonds. The monoisotopic (exact) mass is 277 g/mol. The van der Waals surface area contributed by atoms with Gasteiger partial charge in [-0.3, -0.25) is 0 Å². The Balaban J connectivity index is 4.43. The van der Waals surface area contributed by atoms with Gasteiger partial charge in [0.2, 0.25) is 0 Å². The second-order valence-corrected chi connectivity index (χ2v) is 7.36. The standard InChI is InChI=1S/C9H18F3NOS2/c1-8(2,3)16(14)13-7(5-6-15-4)9(10,11)12/h7,13H,5-6H2,1-4H3/t7-,16?/m0/s1. The van der Waals surface area contributed by atoms with Gasteiger partial charge in [0.15, 0.2) is 0 Å². The molecule has 0 aliphatic rings. The molecule has 0 aliphatic heterocycles. The highest BCUT2D eigenvalue weighted by atomic mass is 32.2. The highest BCUT2D eigenvalue weighted by Crippen LogP contribution is 2.26. The molecule has 0 heterocycles. The van der Waals surface area contributed by atoms with Gasteiger partial charge in [0.05, 0.1) is 0 Å². The molecule has 0 aliphatic carbocycles. The quantitative estimate of drug-likeness (QED) is 0.785. The lowest BCUT2D eigenvalue weighted by atomic mass is 10.2. The molecule has 0 fully saturated rings. The van der Waals surface area contributed by atoms with Crippen molar-refractivity contribution in [2.45, 2.75) is 44.2 Å². The van der Waals surface area contributed by atoms with E-state index in [1.54, 1.807) is 27.0 Å². The molecule has 16 heavy (non-hydrogen) atoms. The van der Waals surface area contributed by atoms with Crippen molar-refractivity contribution in [3.8, 4) is 0 Å². The number of halogens is 3. The van der Waals surface area contributed by atoms with E-state index >= 15 is 0 Å². The minimum atomic E-state index is -4.35. The highest BCUT2D eigenvalue weighted by molar-refractivity contribution is 7.98. The normalized spacial score (nSPS) is 17.2. The molecule has 2 nitrogen and oxygen atoms in total. The number of hydrogen-bond acceptors (Lipinski definition) is 3. The Hall–Kier alpha value is 0.410. The van der Waals surface area contributed by atoms with Gasteiger partial charge in [0.25, 0.3) is 0 Å². The fraction of sp³-hybridized carbons (Fsp3) is 1.00. The molecule has 98 valence electrons. The van der Waals surface area contributed by atoms with Gasteiger partial charge in [0.1, 0.15) is 10.8 Å². The van der Waals surface area contributed by atoms with Crippen molar-refractivity contribution in [3.05, 3.63) is 0 Å². The summed E-state index contributed by atoms with van der Waals surface area (Å²) < 4.78 is 50.8. The van der Waals surface area contributed by atoms with Gasteiger partial charge in [-0.1, -0.05) is 0 Å². The average Bonchev–Trinajstić information content (AvgIpc) is 2.08. The first-order valence-electron chi connectivity index (χ1n) is 4.82. The molecule has 0 saturated carbocycles. The molecule has 0 rings (SSSR count). The second kappa shape index (κ2) is 6.37. The maximum Gasteiger partial charge on any atom is 0.408 e. The van der Waals surface area contributed by atoms with Crippen LogP contribution in [0.5, 0.6) is 0 Å². The van der Waals surface area contributed by atoms with Gasteiger partial charge in [-0.25, -0.2) is 0 Å². The van der Waals surface area contributed by atoms with Gasteiger partial charge >= 0.3 is 6.18 Å². The molecule has 0 saturated heterocycles. The molecule has 0 aromatic heterocycles. The highest BCUT2D eigenvalue weighted by Gasteiger charge is 2.43. The van der Waals surface area contributed by atoms with E-state index in [-0.39, 0.29) is 6.42 Å². The molecule has 1 unspecified atom stereocenters. The molecule has 0 aromatic rings. The number of hydrogen-bond donors (Lipinski definition) is 1. The van der Waals surface area contributed by atoms with Crippen LogP contribution in [0.2, 0.25) is 0 Å². The Bertz CT molecular complexity index is 206. The molecular formula is C9H18F3NOS2. The van der Waals surface area contributed by atoms with Crippen LogP contribution in [0.25, 0.3) is 0 Å². The number of rotatable bonds is 5. The summed E-state index contributed by atoms with van der Waals surface area (Å²) in [5.41, 5.74) is 0. The molecule has 0 bridgehead atoms. The van der Waals surface area contributed by atoms with Crippen molar-refractivity contribution in [3.63, 3.8) is 0 Å². The SMILES string of the molecule is CSCC[C@H](N[S+]([O-])C(C)(C)C)C(F)(F)F. The fourth-order valence-corrected chi connectivity index (χ4v) is 2.17. The van der Waals surface area contributed by atoms with Crippen molar-refractivity contribution in [1.82, 2.24) is 4.72 Å². The van der Waals surface area contributed by atoms with Crippen LogP contribution in [0.1, 0.15) is 27.2 Å². The summed E-state index contributed by atoms with van der Waals surface area (Å²) in [7, 11) is 0. The lowest BCUT2D eigenvalue weighted by Crippen LogP contribution is -2.50. The van der Waals surface area contributed by atoms with Crippen LogP contribution in [0.4, 0.5) is 13.2 Å². The summed E-state index contributed by atoms with van der Waals surface area (Å²) in [6.07, 6.45) is -2.67. The van der Waals surface area contributed by atoms with E-state index in [4.69, 9.17) is 0 Å². The third-order valence-electron chi connectivity index (χ3n) is 1.81. The van der Waals surface area contributed by atoms with E-state index in [9.17, 15) is 17.7 Å². The van der Waals surface area contributed by atoms with Gasteiger partial charge in [-0.05, 0) is 39.2 Å². The molecule has 0 radical (unpaired) electrons. The van der Waals surface area contributed by atoms with Crippen LogP contribution in [0.15, 0.2) is 0 Å². The Labute approximate surface area is 102 Å². The molecule has 2 atom stereocenters. The maximum atomic E-state index is 12.6. The first-order valence-corrected chi connectivity index (χ1v) is 7.37. The Morgan fingerprint density at radius 1 is 1.31 bits per heavy atom. The third-order valence-corrected chi connectivity index (χ3v) is 4.07. The summed E-state index contributed by atoms with van der Waals surface area (Å²) in [5, 5.41) is 0. The van der Waals surface area contributed by atoms with E-state index in [0.717, 1.165) is 0 Å². The first-order chi connectivity index (χ1) is 7.09. The van der Waals surface area contributed by atoms with Crippen molar-refractivity contribution >= 4 is 23.1 Å². The van der Waals surface area contributed by atoms with Crippen LogP contribution in [0, 0.1) is 0 Å². The fourth-order valence-electron chi connectivity index (χ4n) is 0.831. The van der Waals surface area contributed by atoms with Crippen LogP contribution in [-0.2, 0) is 11.4 Å². The predicted molar refractivity (Wildman–Crippen MR) is 63.9 cm³/mol. The van der Waals surface area contributed by atoms with Gasteiger partial charge in [0, 0.05) is 11.4 Å². The van der Waals surface area contributed by atoms with E-state index in [1.807, 2.05) is 0 Å².